The van der Waals surface area contributed by atoms with Gasteiger partial charge in [-0.1, -0.05) is 54.6 Å². The van der Waals surface area contributed by atoms with Gasteiger partial charge in [0.1, 0.15) is 29.8 Å². The maximum absolute atomic E-state index is 11.9. The number of aromatic hydroxyl groups is 4. The van der Waals surface area contributed by atoms with Crippen LogP contribution in [-0.4, -0.2) is 57.7 Å². The lowest BCUT2D eigenvalue weighted by Crippen LogP contribution is -2.05. The largest absolute Gasteiger partial charge is 0.508 e. The van der Waals surface area contributed by atoms with Gasteiger partial charge in [-0.15, -0.1) is 23.5 Å². The Morgan fingerprint density at radius 2 is 1.13 bits per heavy atom. The topological polar surface area (TPSA) is 116 Å². The van der Waals surface area contributed by atoms with Crippen LogP contribution >= 0.6 is 23.5 Å². The van der Waals surface area contributed by atoms with Crippen LogP contribution in [0.4, 0.5) is 0 Å². The molecule has 0 saturated carbocycles. The van der Waals surface area contributed by atoms with Gasteiger partial charge in [-0.05, 0) is 36.4 Å². The van der Waals surface area contributed by atoms with Crippen LogP contribution in [0.15, 0.2) is 107 Å². The van der Waals surface area contributed by atoms with E-state index in [9.17, 15) is 20.1 Å². The van der Waals surface area contributed by atoms with Crippen molar-refractivity contribution >= 4 is 29.3 Å². The van der Waals surface area contributed by atoms with Crippen LogP contribution in [0.1, 0.15) is 15.9 Å². The summed E-state index contributed by atoms with van der Waals surface area (Å²) in [6, 6.07) is 27.1. The van der Waals surface area contributed by atoms with Gasteiger partial charge in [0.05, 0.1) is 18.8 Å². The summed E-state index contributed by atoms with van der Waals surface area (Å²) in [5.74, 6) is 1.57. The van der Waals surface area contributed by atoms with Crippen molar-refractivity contribution in [3.8, 4) is 23.0 Å². The predicted octanol–water partition coefficient (Wildman–Crippen LogP) is 6.30. The maximum Gasteiger partial charge on any atom is 0.196 e. The fourth-order valence-electron chi connectivity index (χ4n) is 3.21. The Hall–Kier alpha value is -3.63. The Balaban J connectivity index is 0.000000230. The van der Waals surface area contributed by atoms with Crippen molar-refractivity contribution in [1.29, 1.82) is 0 Å². The monoisotopic (exact) mass is 566 g/mol. The second kappa shape index (κ2) is 16.4. The molecule has 0 radical (unpaired) electrons. The number of phenolic OH excluding ortho intramolecular Hbond substituents is 4. The predicted molar refractivity (Wildman–Crippen MR) is 154 cm³/mol. The summed E-state index contributed by atoms with van der Waals surface area (Å²) < 4.78 is 10.8. The Labute approximate surface area is 236 Å². The summed E-state index contributed by atoms with van der Waals surface area (Å²) >= 11 is 3.10. The molecule has 0 aliphatic heterocycles. The van der Waals surface area contributed by atoms with Gasteiger partial charge in [0.15, 0.2) is 5.78 Å². The average molecular weight is 567 g/mol. The molecule has 0 heterocycles. The SMILES string of the molecule is O=C(c1ccccc1)c1ccc(O)cc1O.Oc1ccccc1SCCOCOCCSc1ccccc1O. The zero-order valence-electron chi connectivity index (χ0n) is 21.1. The molecule has 9 heteroatoms. The minimum Gasteiger partial charge on any atom is -0.508 e. The second-order valence-electron chi connectivity index (χ2n) is 7.96. The second-order valence-corrected chi connectivity index (χ2v) is 10.2. The lowest BCUT2D eigenvalue weighted by Gasteiger charge is -2.07. The zero-order chi connectivity index (χ0) is 27.9. The van der Waals surface area contributed by atoms with Gasteiger partial charge in [0.25, 0.3) is 0 Å². The van der Waals surface area contributed by atoms with Crippen molar-refractivity contribution in [2.75, 3.05) is 31.5 Å². The molecule has 4 N–H and O–H groups in total. The van der Waals surface area contributed by atoms with E-state index in [1.165, 1.54) is 12.1 Å². The summed E-state index contributed by atoms with van der Waals surface area (Å²) in [5, 5.41) is 37.9. The van der Waals surface area contributed by atoms with Crippen molar-refractivity contribution in [3.63, 3.8) is 0 Å². The molecule has 7 nitrogen and oxygen atoms in total. The Morgan fingerprint density at radius 3 is 1.64 bits per heavy atom. The van der Waals surface area contributed by atoms with E-state index in [2.05, 4.69) is 0 Å². The first-order valence-electron chi connectivity index (χ1n) is 12.0. The standard InChI is InChI=1S/C17H20O4S2.C13H10O3/c18-14-5-1-3-7-16(14)22-11-9-20-13-21-10-12-23-17-8-4-2-6-15(17)19;14-10-6-7-11(12(15)8-10)13(16)9-4-2-1-3-5-9/h1-8,18-19H,9-13H2;1-8,14-15H. The summed E-state index contributed by atoms with van der Waals surface area (Å²) in [5.41, 5.74) is 0.687. The van der Waals surface area contributed by atoms with Crippen molar-refractivity contribution in [2.45, 2.75) is 9.79 Å². The molecule has 4 aromatic rings. The molecule has 0 atom stereocenters. The zero-order valence-corrected chi connectivity index (χ0v) is 22.7. The van der Waals surface area contributed by atoms with Gasteiger partial charge in [-0.25, -0.2) is 0 Å². The number of benzene rings is 4. The molecule has 4 aromatic carbocycles. The van der Waals surface area contributed by atoms with Crippen LogP contribution in [0, 0.1) is 0 Å². The number of rotatable bonds is 12. The molecule has 0 aromatic heterocycles. The first-order chi connectivity index (χ1) is 19.0. The normalized spacial score (nSPS) is 10.5. The molecule has 0 spiro atoms. The van der Waals surface area contributed by atoms with Gasteiger partial charge in [0, 0.05) is 32.9 Å². The lowest BCUT2D eigenvalue weighted by molar-refractivity contribution is -0.0426. The van der Waals surface area contributed by atoms with Gasteiger partial charge in [0.2, 0.25) is 0 Å². The highest BCUT2D eigenvalue weighted by Gasteiger charge is 2.13. The van der Waals surface area contributed by atoms with Crippen LogP contribution in [0.3, 0.4) is 0 Å². The Bertz CT molecular complexity index is 1260. The number of carbonyl (C=O) groups excluding carboxylic acids is 1. The van der Waals surface area contributed by atoms with Gasteiger partial charge in [-0.3, -0.25) is 4.79 Å². The number of carbonyl (C=O) groups is 1. The third-order valence-electron chi connectivity index (χ3n) is 5.13. The quantitative estimate of drug-likeness (QED) is 0.0678. The van der Waals surface area contributed by atoms with Crippen molar-refractivity contribution < 1.29 is 34.7 Å². The average Bonchev–Trinajstić information content (AvgIpc) is 2.94. The van der Waals surface area contributed by atoms with E-state index in [0.717, 1.165) is 27.4 Å². The van der Waals surface area contributed by atoms with Gasteiger partial charge >= 0.3 is 0 Å². The number of para-hydroxylation sites is 2. The highest BCUT2D eigenvalue weighted by Crippen LogP contribution is 2.28. The van der Waals surface area contributed by atoms with E-state index in [1.54, 1.807) is 72.1 Å². The molecule has 0 amide bonds. The Morgan fingerprint density at radius 1 is 0.615 bits per heavy atom. The molecule has 0 saturated heterocycles. The highest BCUT2D eigenvalue weighted by molar-refractivity contribution is 7.99. The number of hydrogen-bond donors (Lipinski definition) is 4. The number of thioether (sulfide) groups is 2. The highest BCUT2D eigenvalue weighted by atomic mass is 32.2. The lowest BCUT2D eigenvalue weighted by atomic mass is 10.0. The number of hydrogen-bond acceptors (Lipinski definition) is 9. The molecule has 39 heavy (non-hydrogen) atoms. The molecular formula is C30H30O7S2. The van der Waals surface area contributed by atoms with Crippen LogP contribution in [0.5, 0.6) is 23.0 Å². The smallest absolute Gasteiger partial charge is 0.196 e. The van der Waals surface area contributed by atoms with E-state index in [1.807, 2.05) is 30.3 Å². The summed E-state index contributed by atoms with van der Waals surface area (Å²) in [6.45, 7) is 1.37. The van der Waals surface area contributed by atoms with Gasteiger partial charge in [-0.2, -0.15) is 0 Å². The molecule has 4 rings (SSSR count). The minimum atomic E-state index is -0.266. The first kappa shape index (κ1) is 29.9. The summed E-state index contributed by atoms with van der Waals surface area (Å²) in [6.07, 6.45) is 0. The third-order valence-corrected chi connectivity index (χ3v) is 7.18. The summed E-state index contributed by atoms with van der Waals surface area (Å²) in [4.78, 5) is 13.7. The van der Waals surface area contributed by atoms with Crippen molar-refractivity contribution in [2.24, 2.45) is 0 Å². The molecule has 0 fully saturated rings. The number of ketones is 1. The fraction of sp³-hybridized carbons (Fsp3) is 0.167. The van der Waals surface area contributed by atoms with E-state index in [4.69, 9.17) is 14.6 Å². The first-order valence-corrected chi connectivity index (χ1v) is 14.0. The van der Waals surface area contributed by atoms with Crippen molar-refractivity contribution in [3.05, 3.63) is 108 Å². The fourth-order valence-corrected chi connectivity index (χ4v) is 4.84. The van der Waals surface area contributed by atoms with Crippen LogP contribution < -0.4 is 0 Å². The Kier molecular flexibility index (Phi) is 12.5. The van der Waals surface area contributed by atoms with Crippen molar-refractivity contribution in [1.82, 2.24) is 0 Å². The van der Waals surface area contributed by atoms with Crippen LogP contribution in [-0.2, 0) is 9.47 Å². The van der Waals surface area contributed by atoms with Crippen LogP contribution in [0.25, 0.3) is 0 Å². The van der Waals surface area contributed by atoms with Gasteiger partial charge < -0.3 is 29.9 Å². The third kappa shape index (κ3) is 10.2. The molecule has 0 unspecified atom stereocenters. The van der Waals surface area contributed by atoms with E-state index >= 15 is 0 Å². The summed E-state index contributed by atoms with van der Waals surface area (Å²) in [7, 11) is 0. The number of ether oxygens (including phenoxy) is 2. The van der Waals surface area contributed by atoms with Crippen LogP contribution in [0.2, 0.25) is 0 Å². The van der Waals surface area contributed by atoms with E-state index in [-0.39, 0.29) is 29.6 Å². The molecule has 204 valence electrons. The molecular weight excluding hydrogens is 536 g/mol. The van der Waals surface area contributed by atoms with E-state index < -0.39 is 0 Å². The molecule has 0 aliphatic rings. The maximum atomic E-state index is 11.9. The number of phenols is 4. The minimum absolute atomic E-state index is 0.0675. The molecule has 0 bridgehead atoms. The molecule has 0 aliphatic carbocycles. The van der Waals surface area contributed by atoms with E-state index in [0.29, 0.717) is 30.3 Å².